The van der Waals surface area contributed by atoms with Crippen molar-refractivity contribution < 1.29 is 46.2 Å². The lowest BCUT2D eigenvalue weighted by molar-refractivity contribution is -0.272. The van der Waals surface area contributed by atoms with Crippen LogP contribution in [0.5, 0.6) is 5.75 Å². The molecule has 1 saturated heterocycles. The summed E-state index contributed by atoms with van der Waals surface area (Å²) >= 11 is 0. The molecular formula is C22H22F5N3O5. The molecule has 0 bridgehead atoms. The Labute approximate surface area is 195 Å². The van der Waals surface area contributed by atoms with Crippen molar-refractivity contribution in [1.82, 2.24) is 4.73 Å². The van der Waals surface area contributed by atoms with E-state index in [0.717, 1.165) is 37.4 Å². The van der Waals surface area contributed by atoms with Crippen LogP contribution in [0.3, 0.4) is 0 Å². The second kappa shape index (κ2) is 9.29. The predicted molar refractivity (Wildman–Crippen MR) is 109 cm³/mol. The zero-order chi connectivity index (χ0) is 26.3. The van der Waals surface area contributed by atoms with Crippen molar-refractivity contribution in [2.75, 3.05) is 6.61 Å². The van der Waals surface area contributed by atoms with Crippen LogP contribution in [0, 0.1) is 17.6 Å². The number of carbonyl (C=O) groups excluding carboxylic acids is 2. The number of halogens is 5. The number of primary amides is 1. The van der Waals surface area contributed by atoms with E-state index in [9.17, 15) is 36.7 Å². The van der Waals surface area contributed by atoms with Crippen LogP contribution >= 0.6 is 0 Å². The standard InChI is InChI=1S/C22H22F5N3O5/c1-4-34-17-12(5-6-13(23)16(17)24)15-10(2)21(3,22(25,26)27)35-18(15)20(32)29-11-7-8-30(33)14(9-11)19(28)31/h5-10,15,18,33H,4H2,1-3H3,(H2,28,31)/t10-,15+,18-,21+/m0/s1. The lowest BCUT2D eigenvalue weighted by Crippen LogP contribution is -2.47. The highest BCUT2D eigenvalue weighted by atomic mass is 19.4. The highest BCUT2D eigenvalue weighted by Crippen LogP contribution is 2.55. The van der Waals surface area contributed by atoms with Gasteiger partial charge in [0.15, 0.2) is 17.2 Å². The summed E-state index contributed by atoms with van der Waals surface area (Å²) in [5, 5.41) is 9.42. The number of aromatic nitrogens is 1. The maximum atomic E-state index is 14.5. The van der Waals surface area contributed by atoms with Gasteiger partial charge in [0.05, 0.1) is 12.0 Å². The Morgan fingerprint density at radius 1 is 1.29 bits per heavy atom. The normalized spacial score (nSPS) is 25.0. The number of hydrogen-bond acceptors (Lipinski definition) is 5. The number of amides is 2. The first-order valence-corrected chi connectivity index (χ1v) is 10.4. The summed E-state index contributed by atoms with van der Waals surface area (Å²) in [6, 6.07) is 3.81. The van der Waals surface area contributed by atoms with Gasteiger partial charge in [-0.15, -0.1) is 0 Å². The van der Waals surface area contributed by atoms with Crippen molar-refractivity contribution in [3.05, 3.63) is 58.7 Å². The van der Waals surface area contributed by atoms with Gasteiger partial charge in [-0.05, 0) is 32.0 Å². The second-order valence-electron chi connectivity index (χ2n) is 8.10. The Kier molecular flexibility index (Phi) is 6.93. The summed E-state index contributed by atoms with van der Waals surface area (Å²) in [6.07, 6.45) is -5.86. The van der Waals surface area contributed by atoms with Crippen LogP contribution < -0.4 is 15.8 Å². The molecule has 3 N–H and O–H groups in total. The van der Waals surface area contributed by atoms with E-state index in [1.54, 1.807) is 0 Å². The smallest absolute Gasteiger partial charge is 0.417 e. The minimum Gasteiger partial charge on any atom is -0.490 e. The van der Waals surface area contributed by atoms with Crippen molar-refractivity contribution in [2.24, 2.45) is 16.6 Å². The monoisotopic (exact) mass is 503 g/mol. The van der Waals surface area contributed by atoms with Crippen LogP contribution in [-0.4, -0.2) is 46.2 Å². The topological polar surface area (TPSA) is 116 Å². The number of rotatable bonds is 5. The van der Waals surface area contributed by atoms with E-state index in [1.165, 1.54) is 13.8 Å². The van der Waals surface area contributed by atoms with Gasteiger partial charge < -0.3 is 20.4 Å². The van der Waals surface area contributed by atoms with Crippen LogP contribution in [0.25, 0.3) is 0 Å². The SMILES string of the molecule is CCOc1c([C@@H]2[C@@H](C(=O)N=c3ccn(O)c(C(N)=O)c3)O[C@@](C)(C(F)(F)F)[C@H]2C)ccc(F)c1F. The van der Waals surface area contributed by atoms with Crippen molar-refractivity contribution in [3.63, 3.8) is 0 Å². The number of pyridine rings is 1. The van der Waals surface area contributed by atoms with E-state index in [1.807, 2.05) is 0 Å². The number of nitrogens with zero attached hydrogens (tertiary/aromatic N) is 2. The molecule has 1 aliphatic rings. The summed E-state index contributed by atoms with van der Waals surface area (Å²) in [5.41, 5.74) is 1.65. The molecule has 35 heavy (non-hydrogen) atoms. The number of hydrogen-bond donors (Lipinski definition) is 2. The number of nitrogens with two attached hydrogens (primary N) is 1. The molecule has 1 aromatic carbocycles. The summed E-state index contributed by atoms with van der Waals surface area (Å²) in [7, 11) is 0. The van der Waals surface area contributed by atoms with Crippen molar-refractivity contribution >= 4 is 11.8 Å². The largest absolute Gasteiger partial charge is 0.490 e. The average Bonchev–Trinajstić information content (AvgIpc) is 3.05. The van der Waals surface area contributed by atoms with E-state index >= 15 is 0 Å². The van der Waals surface area contributed by atoms with Crippen molar-refractivity contribution in [2.45, 2.75) is 44.6 Å². The quantitative estimate of drug-likeness (QED) is 0.481. The van der Waals surface area contributed by atoms with Crippen molar-refractivity contribution in [3.8, 4) is 5.75 Å². The Morgan fingerprint density at radius 3 is 2.51 bits per heavy atom. The number of benzene rings is 1. The first-order valence-electron chi connectivity index (χ1n) is 10.4. The van der Waals surface area contributed by atoms with Crippen LogP contribution in [0.4, 0.5) is 22.0 Å². The highest BCUT2D eigenvalue weighted by Gasteiger charge is 2.65. The molecule has 2 heterocycles. The lowest BCUT2D eigenvalue weighted by atomic mass is 9.77. The number of alkyl halides is 3. The van der Waals surface area contributed by atoms with E-state index in [4.69, 9.17) is 15.2 Å². The Hall–Kier alpha value is -3.48. The minimum absolute atomic E-state index is 0.129. The summed E-state index contributed by atoms with van der Waals surface area (Å²) in [5.74, 6) is -8.46. The second-order valence-corrected chi connectivity index (χ2v) is 8.10. The maximum absolute atomic E-state index is 14.5. The third-order valence-corrected chi connectivity index (χ3v) is 6.05. The average molecular weight is 503 g/mol. The van der Waals surface area contributed by atoms with E-state index in [0.29, 0.717) is 4.73 Å². The molecule has 0 aliphatic carbocycles. The van der Waals surface area contributed by atoms with Gasteiger partial charge in [-0.3, -0.25) is 9.59 Å². The Balaban J connectivity index is 2.19. The fourth-order valence-corrected chi connectivity index (χ4v) is 4.04. The van der Waals surface area contributed by atoms with Gasteiger partial charge in [0.25, 0.3) is 11.8 Å². The molecule has 13 heteroatoms. The first-order chi connectivity index (χ1) is 16.2. The molecule has 1 fully saturated rings. The molecule has 1 aliphatic heterocycles. The van der Waals surface area contributed by atoms with Gasteiger partial charge in [0, 0.05) is 23.6 Å². The first kappa shape index (κ1) is 26.1. The fraction of sp³-hybridized carbons (Fsp3) is 0.409. The van der Waals surface area contributed by atoms with Crippen molar-refractivity contribution in [1.29, 1.82) is 0 Å². The number of ether oxygens (including phenoxy) is 2. The molecule has 0 radical (unpaired) electrons. The molecule has 8 nitrogen and oxygen atoms in total. The van der Waals surface area contributed by atoms with Gasteiger partial charge >= 0.3 is 6.18 Å². The van der Waals surface area contributed by atoms with Crippen LogP contribution in [0.2, 0.25) is 0 Å². The molecule has 4 atom stereocenters. The van der Waals surface area contributed by atoms with E-state index < -0.39 is 64.6 Å². The molecule has 2 amide bonds. The molecule has 190 valence electrons. The Bertz CT molecular complexity index is 1230. The van der Waals surface area contributed by atoms with Gasteiger partial charge in [-0.25, -0.2) is 9.38 Å². The van der Waals surface area contributed by atoms with Crippen LogP contribution in [-0.2, 0) is 9.53 Å². The predicted octanol–water partition coefficient (Wildman–Crippen LogP) is 3.07. The third-order valence-electron chi connectivity index (χ3n) is 6.05. The van der Waals surface area contributed by atoms with Gasteiger partial charge in [0.1, 0.15) is 11.8 Å². The zero-order valence-electron chi connectivity index (χ0n) is 18.8. The van der Waals surface area contributed by atoms with E-state index in [2.05, 4.69) is 4.99 Å². The lowest BCUT2D eigenvalue weighted by Gasteiger charge is -2.32. The zero-order valence-corrected chi connectivity index (χ0v) is 18.8. The number of carbonyl (C=O) groups is 2. The molecule has 2 aromatic rings. The van der Waals surface area contributed by atoms with Gasteiger partial charge in [-0.1, -0.05) is 13.0 Å². The summed E-state index contributed by atoms with van der Waals surface area (Å²) < 4.78 is 81.3. The van der Waals surface area contributed by atoms with Gasteiger partial charge in [-0.2, -0.15) is 22.3 Å². The van der Waals surface area contributed by atoms with Gasteiger partial charge in [0.2, 0.25) is 5.82 Å². The molecule has 0 saturated carbocycles. The third kappa shape index (κ3) is 4.59. The maximum Gasteiger partial charge on any atom is 0.417 e. The van der Waals surface area contributed by atoms with E-state index in [-0.39, 0.29) is 17.5 Å². The molecular weight excluding hydrogens is 481 g/mol. The molecule has 0 unspecified atom stereocenters. The molecule has 1 aromatic heterocycles. The fourth-order valence-electron chi connectivity index (χ4n) is 4.04. The molecule has 0 spiro atoms. The summed E-state index contributed by atoms with van der Waals surface area (Å²) in [6.45, 7) is 3.26. The van der Waals surface area contributed by atoms with Crippen LogP contribution in [0.1, 0.15) is 42.7 Å². The molecule has 3 rings (SSSR count). The summed E-state index contributed by atoms with van der Waals surface area (Å²) in [4.78, 5) is 28.3. The van der Waals surface area contributed by atoms with Crippen LogP contribution in [0.15, 0.2) is 35.5 Å². The highest BCUT2D eigenvalue weighted by molar-refractivity contribution is 5.91. The minimum atomic E-state index is -4.93. The Morgan fingerprint density at radius 2 is 1.94 bits per heavy atom.